The Morgan fingerprint density at radius 2 is 0.886 bits per heavy atom. The van der Waals surface area contributed by atoms with Crippen molar-refractivity contribution in [1.82, 2.24) is 0 Å². The van der Waals surface area contributed by atoms with Gasteiger partial charge in [-0.3, -0.25) is 0 Å². The molecule has 0 saturated carbocycles. The number of hydrogen-bond donors (Lipinski definition) is 0. The van der Waals surface area contributed by atoms with Gasteiger partial charge in [0.05, 0.1) is 0 Å². The molecule has 188 valence electrons. The third-order valence-electron chi connectivity index (χ3n) is 7.72. The van der Waals surface area contributed by atoms with E-state index in [4.69, 9.17) is 0 Å². The normalized spacial score (nSPS) is 18.2. The van der Waals surface area contributed by atoms with Crippen LogP contribution in [0.4, 0.5) is 0 Å². The van der Waals surface area contributed by atoms with E-state index in [9.17, 15) is 0 Å². The fraction of sp³-hybridized carbons (Fsp3) is 0.500. The zero-order chi connectivity index (χ0) is 24.2. The molecule has 2 aromatic carbocycles. The van der Waals surface area contributed by atoms with Gasteiger partial charge in [0.2, 0.25) is 0 Å². The maximum absolute atomic E-state index is 2.57. The van der Waals surface area contributed by atoms with Gasteiger partial charge in [-0.1, -0.05) is 0 Å². The molecule has 0 nitrogen and oxygen atoms in total. The van der Waals surface area contributed by atoms with Crippen molar-refractivity contribution in [2.45, 2.75) is 100 Å². The Bertz CT molecular complexity index is 1050. The van der Waals surface area contributed by atoms with Crippen LogP contribution in [0.2, 0.25) is 0 Å². The maximum atomic E-state index is 2.57. The van der Waals surface area contributed by atoms with Crippen LogP contribution in [0, 0.1) is 0 Å². The van der Waals surface area contributed by atoms with Gasteiger partial charge in [-0.25, -0.2) is 0 Å². The molecule has 0 bridgehead atoms. The van der Waals surface area contributed by atoms with Gasteiger partial charge in [0, 0.05) is 0 Å². The van der Waals surface area contributed by atoms with Crippen molar-refractivity contribution in [3.63, 3.8) is 0 Å². The van der Waals surface area contributed by atoms with Crippen LogP contribution in [0.1, 0.15) is 145 Å². The van der Waals surface area contributed by atoms with E-state index in [-0.39, 0.29) is 24.8 Å². The second kappa shape index (κ2) is 11.8. The molecule has 0 heterocycles. The number of hydrogen-bond acceptors (Lipinski definition) is 0. The molecular formula is C32H42Cl2Zr. The number of benzene rings is 2. The molecule has 2 atom stereocenters. The molecule has 2 aliphatic rings. The second-order valence-corrected chi connectivity index (χ2v) is 15.3. The predicted molar refractivity (Wildman–Crippen MR) is 142 cm³/mol. The monoisotopic (exact) mass is 586 g/mol. The molecule has 0 radical (unpaired) electrons. The van der Waals surface area contributed by atoms with Gasteiger partial charge in [-0.2, -0.15) is 0 Å². The van der Waals surface area contributed by atoms with Gasteiger partial charge >= 0.3 is 215 Å². The quantitative estimate of drug-likeness (QED) is 0.481. The summed E-state index contributed by atoms with van der Waals surface area (Å²) in [4.78, 5) is 0. The van der Waals surface area contributed by atoms with Crippen LogP contribution in [0.15, 0.2) is 35.4 Å². The number of fused-ring (bicyclic) bond motifs is 2. The van der Waals surface area contributed by atoms with Gasteiger partial charge in [-0.15, -0.1) is 0 Å². The van der Waals surface area contributed by atoms with Crippen LogP contribution in [0.25, 0.3) is 12.2 Å². The van der Waals surface area contributed by atoms with Crippen LogP contribution in [0.5, 0.6) is 0 Å². The van der Waals surface area contributed by atoms with Crippen LogP contribution in [-0.2, 0) is 23.2 Å². The van der Waals surface area contributed by atoms with Gasteiger partial charge in [-0.05, 0) is 0 Å². The Balaban J connectivity index is 0.00000216. The third kappa shape index (κ3) is 5.79. The van der Waals surface area contributed by atoms with Crippen molar-refractivity contribution in [3.8, 4) is 0 Å². The fourth-order valence-electron chi connectivity index (χ4n) is 5.60. The van der Waals surface area contributed by atoms with Gasteiger partial charge in [0.1, 0.15) is 0 Å². The van der Waals surface area contributed by atoms with Crippen LogP contribution < -0.4 is 24.8 Å². The fourth-order valence-corrected chi connectivity index (χ4v) is 10.2. The van der Waals surface area contributed by atoms with Crippen molar-refractivity contribution in [1.29, 1.82) is 0 Å². The minimum atomic E-state index is -0.812. The first-order valence-electron chi connectivity index (χ1n) is 13.0. The SMILES string of the molecule is CC1=Cc2c(C(C)C)cc(C(C)C)cc2[CH]1[Zr+2][CH]1C(C)=Cc2c(C(C)C)cc(C(C)C)cc21.[Cl-].[Cl-]. The second-order valence-electron chi connectivity index (χ2n) is 11.7. The molecule has 0 spiro atoms. The smallest absolute Gasteiger partial charge is 1.00 e. The summed E-state index contributed by atoms with van der Waals surface area (Å²) in [5, 5.41) is 0. The minimum absolute atomic E-state index is 0. The first-order valence-corrected chi connectivity index (χ1v) is 15.8. The summed E-state index contributed by atoms with van der Waals surface area (Å²) in [6, 6.07) is 10.1. The van der Waals surface area contributed by atoms with E-state index >= 15 is 0 Å². The van der Waals surface area contributed by atoms with Crippen molar-refractivity contribution in [2.75, 3.05) is 0 Å². The Hall–Kier alpha value is -0.617. The Labute approximate surface area is 238 Å². The van der Waals surface area contributed by atoms with E-state index in [1.807, 2.05) is 0 Å². The van der Waals surface area contributed by atoms with Crippen molar-refractivity contribution < 1.29 is 48.0 Å². The first-order chi connectivity index (χ1) is 15.5. The Morgan fingerprint density at radius 3 is 1.17 bits per heavy atom. The van der Waals surface area contributed by atoms with Crippen LogP contribution in [-0.4, -0.2) is 0 Å². The molecule has 4 rings (SSSR count). The predicted octanol–water partition coefficient (Wildman–Crippen LogP) is 3.89. The van der Waals surface area contributed by atoms with E-state index in [1.165, 1.54) is 11.1 Å². The number of rotatable bonds is 6. The van der Waals surface area contributed by atoms with E-state index in [1.54, 1.807) is 44.5 Å². The summed E-state index contributed by atoms with van der Waals surface area (Å²) in [5.74, 6) is 2.30. The summed E-state index contributed by atoms with van der Waals surface area (Å²) in [6.45, 7) is 23.6. The zero-order valence-electron chi connectivity index (χ0n) is 23.2. The van der Waals surface area contributed by atoms with E-state index in [0.29, 0.717) is 30.9 Å². The van der Waals surface area contributed by atoms with E-state index in [0.717, 1.165) is 0 Å². The summed E-state index contributed by atoms with van der Waals surface area (Å²) in [7, 11) is 0. The maximum Gasteiger partial charge on any atom is -1.00 e. The summed E-state index contributed by atoms with van der Waals surface area (Å²) < 4.78 is 1.37. The molecule has 2 aromatic rings. The topological polar surface area (TPSA) is 0 Å². The summed E-state index contributed by atoms with van der Waals surface area (Å²) in [6.07, 6.45) is 5.08. The standard InChI is InChI=1S/2C16H21.2ClH.Zr/c2*1-10(2)13-8-14-6-12(5)7-16(14)15(9-13)11(3)4;;;/h2*6-11H,1-5H3;2*1H;/q;;;;+2/p-2. The molecule has 3 heteroatoms. The Kier molecular flexibility index (Phi) is 10.4. The van der Waals surface area contributed by atoms with Crippen molar-refractivity contribution in [2.24, 2.45) is 0 Å². The third-order valence-corrected chi connectivity index (χ3v) is 13.1. The van der Waals surface area contributed by atoms with Crippen LogP contribution in [0.3, 0.4) is 0 Å². The van der Waals surface area contributed by atoms with Crippen molar-refractivity contribution in [3.05, 3.63) is 79.9 Å². The molecule has 35 heavy (non-hydrogen) atoms. The van der Waals surface area contributed by atoms with Gasteiger partial charge in [0.25, 0.3) is 0 Å². The largest absolute Gasteiger partial charge is 1.00 e. The molecule has 0 aliphatic heterocycles. The minimum Gasteiger partial charge on any atom is -1.00 e. The summed E-state index contributed by atoms with van der Waals surface area (Å²) >= 11 is -0.812. The first kappa shape index (κ1) is 30.6. The number of halogens is 2. The van der Waals surface area contributed by atoms with Crippen molar-refractivity contribution >= 4 is 12.2 Å². The molecule has 2 unspecified atom stereocenters. The average molecular weight is 589 g/mol. The van der Waals surface area contributed by atoms with E-state index in [2.05, 4.69) is 106 Å². The van der Waals surface area contributed by atoms with Crippen LogP contribution >= 0.6 is 0 Å². The van der Waals surface area contributed by atoms with E-state index < -0.39 is 23.2 Å². The summed E-state index contributed by atoms with van der Waals surface area (Å²) in [5.41, 5.74) is 15.8. The molecule has 0 aromatic heterocycles. The zero-order valence-corrected chi connectivity index (χ0v) is 27.2. The molecule has 2 aliphatic carbocycles. The molecule has 0 amide bonds. The average Bonchev–Trinajstić information content (AvgIpc) is 3.22. The van der Waals surface area contributed by atoms with Gasteiger partial charge in [0.15, 0.2) is 0 Å². The van der Waals surface area contributed by atoms with Gasteiger partial charge < -0.3 is 24.8 Å². The molecule has 0 N–H and O–H groups in total. The molecule has 0 fully saturated rings. The number of allylic oxidation sites excluding steroid dienone is 2. The molecule has 0 saturated heterocycles. The Morgan fingerprint density at radius 1 is 0.543 bits per heavy atom. The molecular weight excluding hydrogens is 546 g/mol.